The molecule has 38 heteroatoms. The van der Waals surface area contributed by atoms with Crippen LogP contribution in [0.4, 0.5) is 0 Å². The van der Waals surface area contributed by atoms with Crippen LogP contribution in [-0.4, -0.2) is 434 Å². The Labute approximate surface area is 859 Å². The summed E-state index contributed by atoms with van der Waals surface area (Å²) in [7, 11) is 1.84. The van der Waals surface area contributed by atoms with E-state index in [1.165, 1.54) is 107 Å². The van der Waals surface area contributed by atoms with Crippen LogP contribution in [0, 0.1) is 0 Å². The molecule has 0 radical (unpaired) electrons. The summed E-state index contributed by atoms with van der Waals surface area (Å²) in [5, 5.41) is 0. The molecule has 0 saturated carbocycles. The Morgan fingerprint density at radius 3 is 0.681 bits per heavy atom. The van der Waals surface area contributed by atoms with Gasteiger partial charge in [-0.2, -0.15) is 0 Å². The molecule has 0 aromatic carbocycles. The van der Waals surface area contributed by atoms with Gasteiger partial charge in [-0.1, -0.05) is 98.4 Å². The van der Waals surface area contributed by atoms with Crippen LogP contribution in [-0.2, 0) is 133 Å². The molecule has 1 atom stereocenters. The molecule has 0 aliphatic carbocycles. The van der Waals surface area contributed by atoms with E-state index >= 15 is 0 Å². The van der Waals surface area contributed by atoms with E-state index in [1.54, 1.807) is 20.8 Å². The topological polar surface area (TPSA) is 393 Å². The van der Waals surface area contributed by atoms with E-state index in [-0.39, 0.29) is 86.9 Å². The number of carbonyl (C=O) groups is 13. The Bertz CT molecular complexity index is 3540. The van der Waals surface area contributed by atoms with Gasteiger partial charge in [-0.15, -0.1) is 0 Å². The largest absolute Gasteiger partial charge is 0.461 e. The molecule has 7 aliphatic rings. The Kier molecular flexibility index (Phi) is 89.0. The second-order valence-electron chi connectivity index (χ2n) is 33.9. The van der Waals surface area contributed by atoms with Gasteiger partial charge >= 0.3 is 77.6 Å². The Hall–Kier alpha value is -10.8. The van der Waals surface area contributed by atoms with Crippen molar-refractivity contribution in [2.45, 2.75) is 151 Å². The van der Waals surface area contributed by atoms with Gasteiger partial charge in [0.1, 0.15) is 85.4 Å². The lowest BCUT2D eigenvalue weighted by Crippen LogP contribution is -2.39. The maximum atomic E-state index is 11.0. The third-order valence-corrected chi connectivity index (χ3v) is 21.4. The molecule has 0 aromatic heterocycles. The summed E-state index contributed by atoms with van der Waals surface area (Å²) in [5.74, 6) is -4.97. The molecule has 818 valence electrons. The molecule has 38 nitrogen and oxygen atoms in total. The summed E-state index contributed by atoms with van der Waals surface area (Å²) >= 11 is 0. The summed E-state index contributed by atoms with van der Waals surface area (Å²) in [6.45, 7) is 90.6. The lowest BCUT2D eigenvalue weighted by molar-refractivity contribution is -0.143. The van der Waals surface area contributed by atoms with E-state index in [4.69, 9.17) is 71.1 Å². The normalized spacial score (nSPS) is 15.2. The van der Waals surface area contributed by atoms with Gasteiger partial charge in [0.25, 0.3) is 0 Å². The van der Waals surface area contributed by atoms with Crippen LogP contribution in [0.25, 0.3) is 0 Å². The Balaban J connectivity index is -0.00000154. The first-order valence-electron chi connectivity index (χ1n) is 49.7. The molecule has 7 rings (SSSR count). The first-order valence-corrected chi connectivity index (χ1v) is 49.7. The SMILES string of the molecule is C=C(C)C(=O)OCCN1CCCC1.C=C(C)C(=O)OCCN1CCCCC1.C=C(C)C(=O)OCCN1CCOCC1.C=CC(=O)OC(C)CN1CCCC1.C=CC(=O)OCCN(C(C)C)C(C)C.C=CC(=O)OCCN(C)CCOC(=O)C=C.C=CC(=O)OCCN(CCOC(=O)C=C)CCOC(=O)C=C.C=CC(=O)OCCN1CCCC1.C=CC(=O)OCCN1CCCCC1.C=CC(=O)OCCN1CCOCC1. The molecule has 7 fully saturated rings. The highest BCUT2D eigenvalue weighted by Crippen LogP contribution is 2.14. The number of likely N-dealkylation sites (N-methyl/N-ethyl adjacent to an activating group) is 1. The summed E-state index contributed by atoms with van der Waals surface area (Å²) in [4.78, 5) is 163. The fourth-order valence-corrected chi connectivity index (χ4v) is 13.4. The predicted octanol–water partition coefficient (Wildman–Crippen LogP) is 9.18. The molecular weight excluding hydrogens is 1860 g/mol. The zero-order chi connectivity index (χ0) is 108. The highest BCUT2D eigenvalue weighted by atomic mass is 16.6. The second-order valence-corrected chi connectivity index (χ2v) is 33.9. The number of likely N-dealkylation sites (tertiary alicyclic amines) is 5. The van der Waals surface area contributed by atoms with E-state index in [0.717, 1.165) is 201 Å². The molecule has 0 bridgehead atoms. The number of rotatable bonds is 54. The Morgan fingerprint density at radius 1 is 0.264 bits per heavy atom. The van der Waals surface area contributed by atoms with Crippen LogP contribution in [0.15, 0.2) is 163 Å². The van der Waals surface area contributed by atoms with Gasteiger partial charge < -0.3 is 71.1 Å². The average Bonchev–Trinajstić information content (AvgIpc) is 1.73. The van der Waals surface area contributed by atoms with Crippen molar-refractivity contribution in [1.29, 1.82) is 0 Å². The molecule has 7 saturated heterocycles. The van der Waals surface area contributed by atoms with Crippen LogP contribution in [0.2, 0.25) is 0 Å². The number of hydrogen-bond donors (Lipinski definition) is 0. The van der Waals surface area contributed by atoms with Crippen molar-refractivity contribution in [3.8, 4) is 0 Å². The highest BCUT2D eigenvalue weighted by Gasteiger charge is 2.21. The van der Waals surface area contributed by atoms with Crippen LogP contribution < -0.4 is 0 Å². The molecule has 0 spiro atoms. The number of nitrogens with zero attached hydrogens (tertiary/aromatic N) is 10. The van der Waals surface area contributed by atoms with Crippen molar-refractivity contribution in [1.82, 2.24) is 49.0 Å². The van der Waals surface area contributed by atoms with Crippen molar-refractivity contribution in [2.24, 2.45) is 0 Å². The standard InChI is InChI=1S/C15H21NO6.C11H17NO4.C11H19NO2.C11H21NO2.C10H17NO3.3C10H17NO2.C9H15NO3.C9H15NO2/c1-4-13(17)20-10-7-16(8-11-21-14(18)5-2)9-12-22-15(19)6-3;1-4-10(13)15-8-6-12(3)7-9-16-11(14)5-2;1-10(2)11(13)14-9-8-12-6-4-3-5-7-12;1-6-11(13)14-8-7-12(9(2)3)10(4)5;1-9(2)10(12)14-8-5-11-3-6-13-7-4-11;1-9(2)10(12)13-8-7-11-5-3-4-6-11;1-3-10(12)13-9(2)8-11-6-4-5-7-11;1-2-10(12)13-9-8-11-6-4-3-5-7-11;1-2-9(11)13-8-5-10-3-6-12-7-4-10;1-2-9(11)12-8-7-10-5-3-4-6-10/h4-6H,1-3,7-12H2;4-5H,1-2,6-9H2,3H3;1,3-9H2,2H3;6,9-10H,1,7-8H2,2-5H3;1,3-8H2,2H3;1,3-8H2,2H3;3,9H,1,4-8H2,2H3;2H,1,3-9H2;2H,1,3-8H2;2H,1,3-8H2. The molecule has 0 aromatic rings. The third kappa shape index (κ3) is 84.6. The van der Waals surface area contributed by atoms with Crippen LogP contribution >= 0.6 is 0 Å². The monoisotopic (exact) mass is 2040 g/mol. The summed E-state index contributed by atoms with van der Waals surface area (Å²) in [6, 6.07) is 0.940. The minimum atomic E-state index is -0.517. The summed E-state index contributed by atoms with van der Waals surface area (Å²) < 4.78 is 74.2. The zero-order valence-corrected chi connectivity index (χ0v) is 88.5. The van der Waals surface area contributed by atoms with Gasteiger partial charge in [0.05, 0.1) is 26.4 Å². The van der Waals surface area contributed by atoms with E-state index in [0.29, 0.717) is 108 Å². The van der Waals surface area contributed by atoms with E-state index < -0.39 is 29.8 Å². The van der Waals surface area contributed by atoms with Gasteiger partial charge in [-0.25, -0.2) is 62.3 Å². The number of piperidine rings is 2. The minimum absolute atomic E-state index is 0.0244. The van der Waals surface area contributed by atoms with Crippen LogP contribution in [0.3, 0.4) is 0 Å². The molecule has 1 unspecified atom stereocenters. The molecule has 0 amide bonds. The second kappa shape index (κ2) is 93.3. The minimum Gasteiger partial charge on any atom is -0.461 e. The lowest BCUT2D eigenvalue weighted by Gasteiger charge is -2.29. The predicted molar refractivity (Wildman–Crippen MR) is 557 cm³/mol. The quantitative estimate of drug-likeness (QED) is 0.0311. The fourth-order valence-electron chi connectivity index (χ4n) is 13.4. The van der Waals surface area contributed by atoms with Gasteiger partial charge in [0.15, 0.2) is 0 Å². The average molecular weight is 2040 g/mol. The maximum Gasteiger partial charge on any atom is 0.333 e. The fraction of sp³-hybridized carbons (Fsp3) is 0.632. The maximum absolute atomic E-state index is 11.0. The van der Waals surface area contributed by atoms with Gasteiger partial charge in [-0.3, -0.25) is 49.0 Å². The summed E-state index contributed by atoms with van der Waals surface area (Å²) in [5.41, 5.74) is 1.40. The van der Waals surface area contributed by atoms with Crippen LogP contribution in [0.5, 0.6) is 0 Å². The first-order chi connectivity index (χ1) is 68.9. The third-order valence-electron chi connectivity index (χ3n) is 21.4. The number of hydrogen-bond acceptors (Lipinski definition) is 38. The number of esters is 13. The first kappa shape index (κ1) is 137. The van der Waals surface area contributed by atoms with Crippen molar-refractivity contribution < 1.29 is 133 Å². The van der Waals surface area contributed by atoms with Gasteiger partial charge in [0.2, 0.25) is 0 Å². The molecule has 7 aliphatic heterocycles. The summed E-state index contributed by atoms with van der Waals surface area (Å²) in [6.07, 6.45) is 26.8. The molecule has 7 heterocycles. The smallest absolute Gasteiger partial charge is 0.333 e. The molecule has 144 heavy (non-hydrogen) atoms. The van der Waals surface area contributed by atoms with Crippen molar-refractivity contribution >= 4 is 77.6 Å². The van der Waals surface area contributed by atoms with Crippen molar-refractivity contribution in [3.63, 3.8) is 0 Å². The molecule has 0 N–H and O–H groups in total. The van der Waals surface area contributed by atoms with E-state index in [2.05, 4.69) is 152 Å². The van der Waals surface area contributed by atoms with Crippen molar-refractivity contribution in [2.75, 3.05) is 289 Å². The van der Waals surface area contributed by atoms with Crippen molar-refractivity contribution in [3.05, 3.63) is 163 Å². The number of morpholine rings is 2. The van der Waals surface area contributed by atoms with E-state index in [9.17, 15) is 62.3 Å². The van der Waals surface area contributed by atoms with E-state index in [1.807, 2.05) is 23.8 Å². The van der Waals surface area contributed by atoms with Gasteiger partial charge in [0, 0.05) is 201 Å². The van der Waals surface area contributed by atoms with Crippen LogP contribution in [0.1, 0.15) is 132 Å². The zero-order valence-electron chi connectivity index (χ0n) is 88.5. The molecular formula is C106H176N10O28. The Morgan fingerprint density at radius 2 is 0.458 bits per heavy atom. The number of ether oxygens (including phenoxy) is 15. The number of carbonyl (C=O) groups excluding carboxylic acids is 13. The lowest BCUT2D eigenvalue weighted by atomic mass is 10.1. The van der Waals surface area contributed by atoms with Gasteiger partial charge in [-0.05, 0) is 192 Å². The highest BCUT2D eigenvalue weighted by molar-refractivity contribution is 5.88.